The van der Waals surface area contributed by atoms with E-state index in [1.54, 1.807) is 12.1 Å². The minimum atomic E-state index is -0.233. The van der Waals surface area contributed by atoms with Crippen molar-refractivity contribution in [1.29, 1.82) is 0 Å². The second-order valence-corrected chi connectivity index (χ2v) is 5.32. The van der Waals surface area contributed by atoms with E-state index in [-0.39, 0.29) is 5.82 Å². The smallest absolute Gasteiger partial charge is 0.147 e. The number of aromatic nitrogens is 2. The van der Waals surface area contributed by atoms with Gasteiger partial charge in [0.1, 0.15) is 11.6 Å². The molecule has 0 atom stereocenters. The molecule has 4 heteroatoms. The van der Waals surface area contributed by atoms with Gasteiger partial charge in [-0.15, -0.1) is 0 Å². The Balaban J connectivity index is 2.30. The summed E-state index contributed by atoms with van der Waals surface area (Å²) in [6.45, 7) is 3.97. The fraction of sp³-hybridized carbons (Fsp3) is 0.235. The fourth-order valence-electron chi connectivity index (χ4n) is 2.60. The summed E-state index contributed by atoms with van der Waals surface area (Å²) in [5.41, 5.74) is 9.62. The van der Waals surface area contributed by atoms with Gasteiger partial charge in [-0.05, 0) is 49.2 Å². The topological polar surface area (TPSA) is 43.8 Å². The molecule has 3 nitrogen and oxygen atoms in total. The largest absolute Gasteiger partial charge is 0.399 e. The van der Waals surface area contributed by atoms with Crippen molar-refractivity contribution in [3.8, 4) is 5.69 Å². The Bertz CT molecular complexity index is 805. The summed E-state index contributed by atoms with van der Waals surface area (Å²) in [5, 5.41) is 0. The minimum Gasteiger partial charge on any atom is -0.399 e. The van der Waals surface area contributed by atoms with E-state index in [9.17, 15) is 4.39 Å². The average Bonchev–Trinajstić information content (AvgIpc) is 2.76. The number of nitrogens with zero attached hydrogens (tertiary/aromatic N) is 2. The van der Waals surface area contributed by atoms with Crippen LogP contribution >= 0.6 is 0 Å². The third-order valence-corrected chi connectivity index (χ3v) is 3.57. The molecule has 21 heavy (non-hydrogen) atoms. The summed E-state index contributed by atoms with van der Waals surface area (Å²) in [6, 6.07) is 10.8. The van der Waals surface area contributed by atoms with Crippen LogP contribution < -0.4 is 5.73 Å². The summed E-state index contributed by atoms with van der Waals surface area (Å²) in [5.74, 6) is 0.629. The van der Waals surface area contributed by atoms with Gasteiger partial charge in [-0.1, -0.05) is 13.0 Å². The van der Waals surface area contributed by atoms with Crippen LogP contribution in [0.15, 0.2) is 36.4 Å². The van der Waals surface area contributed by atoms with Crippen molar-refractivity contribution in [1.82, 2.24) is 9.55 Å². The number of aryl methyl sites for hydroxylation is 2. The van der Waals surface area contributed by atoms with E-state index in [1.165, 1.54) is 0 Å². The fourth-order valence-corrected chi connectivity index (χ4v) is 2.60. The quantitative estimate of drug-likeness (QED) is 0.738. The van der Waals surface area contributed by atoms with Crippen LogP contribution in [-0.4, -0.2) is 9.55 Å². The molecular formula is C17H18FN3. The van der Waals surface area contributed by atoms with Crippen LogP contribution in [0.25, 0.3) is 16.7 Å². The lowest BCUT2D eigenvalue weighted by atomic mass is 10.2. The molecule has 0 bridgehead atoms. The van der Waals surface area contributed by atoms with Crippen LogP contribution in [0.3, 0.4) is 0 Å². The Morgan fingerprint density at radius 1 is 1.19 bits per heavy atom. The molecule has 0 saturated heterocycles. The van der Waals surface area contributed by atoms with Crippen LogP contribution in [0.4, 0.5) is 10.1 Å². The molecule has 0 fully saturated rings. The number of benzene rings is 2. The van der Waals surface area contributed by atoms with Gasteiger partial charge in [0.25, 0.3) is 0 Å². The average molecular weight is 283 g/mol. The molecule has 0 aliphatic carbocycles. The minimum absolute atomic E-state index is 0.233. The normalized spacial score (nSPS) is 11.2. The van der Waals surface area contributed by atoms with E-state index in [2.05, 4.69) is 11.9 Å². The lowest BCUT2D eigenvalue weighted by Crippen LogP contribution is -2.03. The molecule has 1 heterocycles. The van der Waals surface area contributed by atoms with Gasteiger partial charge >= 0.3 is 0 Å². The molecule has 108 valence electrons. The first-order valence-corrected chi connectivity index (χ1v) is 7.13. The van der Waals surface area contributed by atoms with Gasteiger partial charge < -0.3 is 5.73 Å². The standard InChI is InChI=1S/C17H18FN3/c1-3-4-17-20-14-10-12(19)6-8-16(14)21(17)15-7-5-11(2)9-13(15)18/h5-10H,3-4,19H2,1-2H3. The molecule has 0 radical (unpaired) electrons. The molecule has 2 aromatic carbocycles. The zero-order valence-corrected chi connectivity index (χ0v) is 12.2. The van der Waals surface area contributed by atoms with Crippen LogP contribution in [0.1, 0.15) is 24.7 Å². The molecule has 0 amide bonds. The van der Waals surface area contributed by atoms with Crippen molar-refractivity contribution in [2.45, 2.75) is 26.7 Å². The molecule has 0 aliphatic heterocycles. The van der Waals surface area contributed by atoms with E-state index in [0.29, 0.717) is 11.4 Å². The number of fused-ring (bicyclic) bond motifs is 1. The zero-order chi connectivity index (χ0) is 15.0. The monoisotopic (exact) mass is 283 g/mol. The number of nitrogens with two attached hydrogens (primary N) is 1. The number of rotatable bonds is 3. The molecule has 0 aliphatic rings. The molecule has 3 rings (SSSR count). The van der Waals surface area contributed by atoms with E-state index in [0.717, 1.165) is 35.3 Å². The summed E-state index contributed by atoms with van der Waals surface area (Å²) >= 11 is 0. The molecule has 3 aromatic rings. The summed E-state index contributed by atoms with van der Waals surface area (Å²) in [7, 11) is 0. The molecule has 1 aromatic heterocycles. The number of nitrogen functional groups attached to an aromatic ring is 1. The number of hydrogen-bond acceptors (Lipinski definition) is 2. The maximum atomic E-state index is 14.4. The SMILES string of the molecule is CCCc1nc2cc(N)ccc2n1-c1ccc(C)cc1F. The maximum absolute atomic E-state index is 14.4. The molecule has 0 spiro atoms. The predicted molar refractivity (Wildman–Crippen MR) is 84.2 cm³/mol. The molecule has 0 saturated carbocycles. The Morgan fingerprint density at radius 2 is 2.00 bits per heavy atom. The van der Waals surface area contributed by atoms with Crippen LogP contribution in [-0.2, 0) is 6.42 Å². The Hall–Kier alpha value is -2.36. The number of imidazole rings is 1. The predicted octanol–water partition coefficient (Wildman–Crippen LogP) is 4.01. The van der Waals surface area contributed by atoms with Crippen LogP contribution in [0.2, 0.25) is 0 Å². The maximum Gasteiger partial charge on any atom is 0.147 e. The van der Waals surface area contributed by atoms with Crippen LogP contribution in [0.5, 0.6) is 0 Å². The molecule has 0 unspecified atom stereocenters. The summed E-state index contributed by atoms with van der Waals surface area (Å²) < 4.78 is 16.3. The summed E-state index contributed by atoms with van der Waals surface area (Å²) in [6.07, 6.45) is 1.74. The molecular weight excluding hydrogens is 265 g/mol. The van der Waals surface area contributed by atoms with Crippen molar-refractivity contribution in [3.63, 3.8) is 0 Å². The number of anilines is 1. The van der Waals surface area contributed by atoms with Gasteiger partial charge in [0.05, 0.1) is 16.7 Å². The third-order valence-electron chi connectivity index (χ3n) is 3.57. The highest BCUT2D eigenvalue weighted by molar-refractivity contribution is 5.81. The van der Waals surface area contributed by atoms with Crippen LogP contribution in [0, 0.1) is 12.7 Å². The first-order valence-electron chi connectivity index (χ1n) is 7.13. The van der Waals surface area contributed by atoms with Gasteiger partial charge in [0.15, 0.2) is 0 Å². The van der Waals surface area contributed by atoms with Crippen molar-refractivity contribution in [3.05, 3.63) is 53.6 Å². The van der Waals surface area contributed by atoms with Gasteiger partial charge in [-0.3, -0.25) is 4.57 Å². The highest BCUT2D eigenvalue weighted by atomic mass is 19.1. The van der Waals surface area contributed by atoms with Gasteiger partial charge in [-0.2, -0.15) is 0 Å². The zero-order valence-electron chi connectivity index (χ0n) is 12.2. The van der Waals surface area contributed by atoms with Crippen molar-refractivity contribution < 1.29 is 4.39 Å². The van der Waals surface area contributed by atoms with Gasteiger partial charge in [-0.25, -0.2) is 9.37 Å². The highest BCUT2D eigenvalue weighted by Crippen LogP contribution is 2.26. The van der Waals surface area contributed by atoms with Crippen molar-refractivity contribution in [2.24, 2.45) is 0 Å². The third kappa shape index (κ3) is 2.37. The highest BCUT2D eigenvalue weighted by Gasteiger charge is 2.15. The second kappa shape index (κ2) is 5.20. The van der Waals surface area contributed by atoms with Crippen molar-refractivity contribution >= 4 is 16.7 Å². The van der Waals surface area contributed by atoms with E-state index in [4.69, 9.17) is 5.73 Å². The Labute approximate surface area is 123 Å². The van der Waals surface area contributed by atoms with Gasteiger partial charge in [0, 0.05) is 12.1 Å². The van der Waals surface area contributed by atoms with Gasteiger partial charge in [0.2, 0.25) is 0 Å². The van der Waals surface area contributed by atoms with E-state index in [1.807, 2.05) is 35.8 Å². The Kier molecular flexibility index (Phi) is 3.37. The first kappa shape index (κ1) is 13.6. The number of halogens is 1. The lowest BCUT2D eigenvalue weighted by Gasteiger charge is -2.10. The van der Waals surface area contributed by atoms with E-state index >= 15 is 0 Å². The lowest BCUT2D eigenvalue weighted by molar-refractivity contribution is 0.614. The first-order chi connectivity index (χ1) is 10.1. The summed E-state index contributed by atoms with van der Waals surface area (Å²) in [4.78, 5) is 4.62. The molecule has 2 N–H and O–H groups in total. The number of hydrogen-bond donors (Lipinski definition) is 1. The second-order valence-electron chi connectivity index (χ2n) is 5.32. The van der Waals surface area contributed by atoms with E-state index < -0.39 is 0 Å². The van der Waals surface area contributed by atoms with Crippen molar-refractivity contribution in [2.75, 3.05) is 5.73 Å². The Morgan fingerprint density at radius 3 is 2.71 bits per heavy atom.